The second kappa shape index (κ2) is 5.47. The van der Waals surface area contributed by atoms with Crippen LogP contribution in [0, 0.1) is 0 Å². The van der Waals surface area contributed by atoms with E-state index in [1.54, 1.807) is 12.1 Å². The molecule has 1 aromatic carbocycles. The summed E-state index contributed by atoms with van der Waals surface area (Å²) in [5, 5.41) is 8.58. The van der Waals surface area contributed by atoms with Crippen LogP contribution in [0.3, 0.4) is 0 Å². The molecule has 0 saturated carbocycles. The highest BCUT2D eigenvalue weighted by atomic mass is 16.5. The molecule has 0 aromatic heterocycles. The molecule has 78 valence electrons. The summed E-state index contributed by atoms with van der Waals surface area (Å²) in [6.45, 7) is 1.55. The molecule has 0 radical (unpaired) electrons. The van der Waals surface area contributed by atoms with Crippen LogP contribution in [0.15, 0.2) is 24.3 Å². The predicted molar refractivity (Wildman–Crippen MR) is 55.9 cm³/mol. The molecule has 0 aliphatic carbocycles. The fourth-order valence-corrected chi connectivity index (χ4v) is 0.972. The highest BCUT2D eigenvalue weighted by Crippen LogP contribution is 2.14. The zero-order valence-electron chi connectivity index (χ0n) is 8.53. The fourth-order valence-electron chi connectivity index (χ4n) is 0.972. The Morgan fingerprint density at radius 2 is 1.93 bits per heavy atom. The average molecular weight is 196 g/mol. The Kier molecular flexibility index (Phi) is 4.22. The highest BCUT2D eigenvalue weighted by molar-refractivity contribution is 5.44. The lowest BCUT2D eigenvalue weighted by molar-refractivity contribution is 0.261. The molecule has 1 aromatic rings. The van der Waals surface area contributed by atoms with E-state index < -0.39 is 0 Å². The summed E-state index contributed by atoms with van der Waals surface area (Å²) >= 11 is 0. The molecule has 0 spiro atoms. The van der Waals surface area contributed by atoms with E-state index >= 15 is 0 Å². The third kappa shape index (κ3) is 3.64. The maximum absolute atomic E-state index is 8.58. The van der Waals surface area contributed by atoms with Crippen LogP contribution >= 0.6 is 0 Å². The summed E-state index contributed by atoms with van der Waals surface area (Å²) in [4.78, 5) is 2.06. The standard InChI is InChI=1S/C10H16N2O2/c1-12(2)7-8-14-10-5-3-9(11-13)4-6-10/h3-6,11,13H,7-8H2,1-2H3. The molecular weight excluding hydrogens is 180 g/mol. The van der Waals surface area contributed by atoms with E-state index in [4.69, 9.17) is 9.94 Å². The SMILES string of the molecule is CN(C)CCOc1ccc(NO)cc1. The summed E-state index contributed by atoms with van der Waals surface area (Å²) in [6, 6.07) is 7.14. The van der Waals surface area contributed by atoms with Crippen molar-refractivity contribution in [3.8, 4) is 5.75 Å². The van der Waals surface area contributed by atoms with Crippen molar-refractivity contribution in [3.05, 3.63) is 24.3 Å². The van der Waals surface area contributed by atoms with E-state index in [1.807, 2.05) is 26.2 Å². The molecule has 0 heterocycles. The molecule has 0 atom stereocenters. The first kappa shape index (κ1) is 10.8. The molecule has 14 heavy (non-hydrogen) atoms. The van der Waals surface area contributed by atoms with Gasteiger partial charge in [-0.25, -0.2) is 0 Å². The lowest BCUT2D eigenvalue weighted by Crippen LogP contribution is -2.19. The van der Waals surface area contributed by atoms with Gasteiger partial charge < -0.3 is 9.64 Å². The van der Waals surface area contributed by atoms with Crippen molar-refractivity contribution in [2.75, 3.05) is 32.7 Å². The summed E-state index contributed by atoms with van der Waals surface area (Å²) < 4.78 is 5.47. The van der Waals surface area contributed by atoms with E-state index in [0.717, 1.165) is 12.3 Å². The van der Waals surface area contributed by atoms with Gasteiger partial charge in [-0.15, -0.1) is 0 Å². The minimum absolute atomic E-state index is 0.657. The maximum atomic E-state index is 8.58. The maximum Gasteiger partial charge on any atom is 0.119 e. The molecule has 2 N–H and O–H groups in total. The second-order valence-corrected chi connectivity index (χ2v) is 3.29. The van der Waals surface area contributed by atoms with Crippen molar-refractivity contribution in [2.24, 2.45) is 0 Å². The molecule has 1 rings (SSSR count). The Balaban J connectivity index is 2.36. The predicted octanol–water partition coefficient (Wildman–Crippen LogP) is 1.43. The van der Waals surface area contributed by atoms with Crippen LogP contribution in [-0.4, -0.2) is 37.4 Å². The third-order valence-electron chi connectivity index (χ3n) is 1.79. The van der Waals surface area contributed by atoms with Gasteiger partial charge in [0.2, 0.25) is 0 Å². The summed E-state index contributed by atoms with van der Waals surface area (Å²) in [7, 11) is 4.00. The lowest BCUT2D eigenvalue weighted by atomic mass is 10.3. The van der Waals surface area contributed by atoms with Gasteiger partial charge in [0.15, 0.2) is 0 Å². The first-order valence-corrected chi connectivity index (χ1v) is 4.50. The zero-order chi connectivity index (χ0) is 10.4. The van der Waals surface area contributed by atoms with Gasteiger partial charge in [-0.3, -0.25) is 10.7 Å². The number of likely N-dealkylation sites (N-methyl/N-ethyl adjacent to an activating group) is 1. The van der Waals surface area contributed by atoms with Crippen LogP contribution in [0.1, 0.15) is 0 Å². The van der Waals surface area contributed by atoms with Crippen molar-refractivity contribution in [3.63, 3.8) is 0 Å². The third-order valence-corrected chi connectivity index (χ3v) is 1.79. The van der Waals surface area contributed by atoms with E-state index in [2.05, 4.69) is 10.4 Å². The van der Waals surface area contributed by atoms with Crippen molar-refractivity contribution >= 4 is 5.69 Å². The minimum Gasteiger partial charge on any atom is -0.492 e. The second-order valence-electron chi connectivity index (χ2n) is 3.29. The van der Waals surface area contributed by atoms with Gasteiger partial charge in [0.05, 0.1) is 5.69 Å². The lowest BCUT2D eigenvalue weighted by Gasteiger charge is -2.11. The Labute approximate surface area is 84.1 Å². The van der Waals surface area contributed by atoms with Crippen LogP contribution in [-0.2, 0) is 0 Å². The number of hydrogen-bond acceptors (Lipinski definition) is 4. The Hall–Kier alpha value is -1.26. The summed E-state index contributed by atoms with van der Waals surface area (Å²) in [5.74, 6) is 0.811. The van der Waals surface area contributed by atoms with Gasteiger partial charge in [0, 0.05) is 6.54 Å². The molecule has 0 amide bonds. The summed E-state index contributed by atoms with van der Waals surface area (Å²) in [6.07, 6.45) is 0. The van der Waals surface area contributed by atoms with Crippen LogP contribution in [0.5, 0.6) is 5.75 Å². The van der Waals surface area contributed by atoms with Crippen LogP contribution in [0.2, 0.25) is 0 Å². The van der Waals surface area contributed by atoms with Crippen molar-refractivity contribution < 1.29 is 9.94 Å². The Morgan fingerprint density at radius 3 is 2.43 bits per heavy atom. The number of hydrogen-bond donors (Lipinski definition) is 2. The van der Waals surface area contributed by atoms with Gasteiger partial charge in [-0.1, -0.05) is 0 Å². The first-order valence-electron chi connectivity index (χ1n) is 4.50. The van der Waals surface area contributed by atoms with Crippen LogP contribution in [0.25, 0.3) is 0 Å². The number of ether oxygens (including phenoxy) is 1. The van der Waals surface area contributed by atoms with Gasteiger partial charge in [0.25, 0.3) is 0 Å². The molecule has 4 nitrogen and oxygen atoms in total. The van der Waals surface area contributed by atoms with Crippen molar-refractivity contribution in [1.82, 2.24) is 4.90 Å². The number of nitrogens with one attached hydrogen (secondary N) is 1. The largest absolute Gasteiger partial charge is 0.492 e. The van der Waals surface area contributed by atoms with Crippen LogP contribution in [0.4, 0.5) is 5.69 Å². The highest BCUT2D eigenvalue weighted by Gasteiger charge is 1.95. The number of nitrogens with zero attached hydrogens (tertiary/aromatic N) is 1. The van der Waals surface area contributed by atoms with E-state index in [-0.39, 0.29) is 0 Å². The van der Waals surface area contributed by atoms with E-state index in [9.17, 15) is 0 Å². The molecule has 0 fully saturated rings. The number of anilines is 1. The fraction of sp³-hybridized carbons (Fsp3) is 0.400. The normalized spacial score (nSPS) is 10.3. The average Bonchev–Trinajstić information content (AvgIpc) is 2.18. The minimum atomic E-state index is 0.657. The summed E-state index contributed by atoms with van der Waals surface area (Å²) in [5.41, 5.74) is 2.72. The first-order chi connectivity index (χ1) is 6.72. The van der Waals surface area contributed by atoms with Gasteiger partial charge in [-0.05, 0) is 38.4 Å². The van der Waals surface area contributed by atoms with Gasteiger partial charge in [-0.2, -0.15) is 0 Å². The van der Waals surface area contributed by atoms with Crippen molar-refractivity contribution in [2.45, 2.75) is 0 Å². The molecule has 0 unspecified atom stereocenters. The molecule has 0 saturated heterocycles. The molecular formula is C10H16N2O2. The van der Waals surface area contributed by atoms with Crippen LogP contribution < -0.4 is 10.2 Å². The van der Waals surface area contributed by atoms with Gasteiger partial charge >= 0.3 is 0 Å². The van der Waals surface area contributed by atoms with Gasteiger partial charge in [0.1, 0.15) is 12.4 Å². The number of benzene rings is 1. The topological polar surface area (TPSA) is 44.7 Å². The smallest absolute Gasteiger partial charge is 0.119 e. The number of rotatable bonds is 5. The molecule has 0 aliphatic heterocycles. The molecule has 0 aliphatic rings. The van der Waals surface area contributed by atoms with Crippen molar-refractivity contribution in [1.29, 1.82) is 0 Å². The van der Waals surface area contributed by atoms with E-state index in [1.165, 1.54) is 0 Å². The zero-order valence-corrected chi connectivity index (χ0v) is 8.53. The quantitative estimate of drug-likeness (QED) is 0.699. The van der Waals surface area contributed by atoms with E-state index in [0.29, 0.717) is 12.3 Å². The Bertz CT molecular complexity index is 259. The monoisotopic (exact) mass is 196 g/mol. The molecule has 0 bridgehead atoms. The Morgan fingerprint density at radius 1 is 1.29 bits per heavy atom. The molecule has 4 heteroatoms.